The number of nitriles is 1. The molecular weight excluding hydrogens is 282 g/mol. The number of hydrogen-bond donors (Lipinski definition) is 2. The van der Waals surface area contributed by atoms with E-state index in [0.717, 1.165) is 10.2 Å². The maximum Gasteiger partial charge on any atom is 0.239 e. The van der Waals surface area contributed by atoms with Gasteiger partial charge in [0.15, 0.2) is 0 Å². The number of amides is 1. The van der Waals surface area contributed by atoms with Crippen LogP contribution in [0.25, 0.3) is 0 Å². The molecule has 1 rings (SSSR count). The zero-order valence-corrected chi connectivity index (χ0v) is 11.3. The van der Waals surface area contributed by atoms with Gasteiger partial charge in [0.1, 0.15) is 0 Å². The van der Waals surface area contributed by atoms with Gasteiger partial charge in [0.2, 0.25) is 5.91 Å². The molecule has 0 fully saturated rings. The zero-order chi connectivity index (χ0) is 12.8. The third-order valence-corrected chi connectivity index (χ3v) is 2.64. The van der Waals surface area contributed by atoms with E-state index in [-0.39, 0.29) is 18.5 Å². The van der Waals surface area contributed by atoms with Gasteiger partial charge in [-0.2, -0.15) is 5.26 Å². The van der Waals surface area contributed by atoms with E-state index in [1.54, 1.807) is 18.2 Å². The second-order valence-electron chi connectivity index (χ2n) is 3.88. The van der Waals surface area contributed by atoms with Crippen LogP contribution in [0.2, 0.25) is 0 Å². The fraction of sp³-hybridized carbons (Fsp3) is 0.333. The molecule has 5 heteroatoms. The monoisotopic (exact) mass is 295 g/mol. The summed E-state index contributed by atoms with van der Waals surface area (Å²) in [4.78, 5) is 11.4. The largest absolute Gasteiger partial charge is 0.375 e. The summed E-state index contributed by atoms with van der Waals surface area (Å²) in [6.45, 7) is 4.04. The van der Waals surface area contributed by atoms with Crippen molar-refractivity contribution in [3.8, 4) is 6.07 Å². The first-order chi connectivity index (χ1) is 8.02. The van der Waals surface area contributed by atoms with Crippen LogP contribution in [0, 0.1) is 11.3 Å². The average Bonchev–Trinajstić information content (AvgIpc) is 2.26. The Balaban J connectivity index is 2.58. The van der Waals surface area contributed by atoms with E-state index in [2.05, 4.69) is 26.6 Å². The predicted octanol–water partition coefficient (Wildman–Crippen LogP) is 2.26. The van der Waals surface area contributed by atoms with Crippen molar-refractivity contribution in [2.24, 2.45) is 0 Å². The van der Waals surface area contributed by atoms with Crippen molar-refractivity contribution in [2.45, 2.75) is 19.9 Å². The lowest BCUT2D eigenvalue weighted by Crippen LogP contribution is -2.34. The third-order valence-electron chi connectivity index (χ3n) is 1.99. The molecule has 0 bridgehead atoms. The van der Waals surface area contributed by atoms with Gasteiger partial charge in [0, 0.05) is 16.2 Å². The quantitative estimate of drug-likeness (QED) is 0.895. The minimum Gasteiger partial charge on any atom is -0.375 e. The molecule has 1 aromatic rings. The number of carbonyl (C=O) groups is 1. The van der Waals surface area contributed by atoms with Crippen LogP contribution in [0.5, 0.6) is 0 Å². The van der Waals surface area contributed by atoms with Crippen LogP contribution < -0.4 is 10.6 Å². The first-order valence-electron chi connectivity index (χ1n) is 5.26. The topological polar surface area (TPSA) is 64.9 Å². The summed E-state index contributed by atoms with van der Waals surface area (Å²) < 4.78 is 0.772. The molecule has 0 aliphatic rings. The number of nitrogens with one attached hydrogen (secondary N) is 2. The lowest BCUT2D eigenvalue weighted by atomic mass is 10.2. The average molecular weight is 296 g/mol. The number of benzene rings is 1. The van der Waals surface area contributed by atoms with Crippen molar-refractivity contribution in [1.29, 1.82) is 5.26 Å². The summed E-state index contributed by atoms with van der Waals surface area (Å²) in [5, 5.41) is 14.5. The van der Waals surface area contributed by atoms with E-state index >= 15 is 0 Å². The van der Waals surface area contributed by atoms with E-state index in [1.807, 2.05) is 19.9 Å². The van der Waals surface area contributed by atoms with E-state index in [1.165, 1.54) is 0 Å². The number of anilines is 1. The molecule has 1 amide bonds. The SMILES string of the molecule is CC(C)NC(=O)CNc1ccc(C#N)cc1Br. The Labute approximate surface area is 109 Å². The maximum absolute atomic E-state index is 11.4. The van der Waals surface area contributed by atoms with Crippen molar-refractivity contribution in [3.63, 3.8) is 0 Å². The normalized spacial score (nSPS) is 9.82. The fourth-order valence-electron chi connectivity index (χ4n) is 1.28. The number of hydrogen-bond acceptors (Lipinski definition) is 3. The van der Waals surface area contributed by atoms with Crippen molar-refractivity contribution in [1.82, 2.24) is 5.32 Å². The van der Waals surface area contributed by atoms with E-state index in [4.69, 9.17) is 5.26 Å². The molecule has 0 heterocycles. The Morgan fingerprint density at radius 1 is 1.53 bits per heavy atom. The second-order valence-corrected chi connectivity index (χ2v) is 4.74. The minimum absolute atomic E-state index is 0.0590. The highest BCUT2D eigenvalue weighted by molar-refractivity contribution is 9.10. The second kappa shape index (κ2) is 6.26. The van der Waals surface area contributed by atoms with Gasteiger partial charge in [-0.05, 0) is 48.0 Å². The highest BCUT2D eigenvalue weighted by atomic mass is 79.9. The van der Waals surface area contributed by atoms with Crippen LogP contribution in [0.4, 0.5) is 5.69 Å². The van der Waals surface area contributed by atoms with Crippen LogP contribution in [0.15, 0.2) is 22.7 Å². The van der Waals surface area contributed by atoms with Gasteiger partial charge in [-0.3, -0.25) is 4.79 Å². The Kier molecular flexibility index (Phi) is 4.98. The van der Waals surface area contributed by atoms with Gasteiger partial charge in [-0.15, -0.1) is 0 Å². The Bertz CT molecular complexity index is 452. The Hall–Kier alpha value is -1.54. The van der Waals surface area contributed by atoms with Gasteiger partial charge >= 0.3 is 0 Å². The van der Waals surface area contributed by atoms with E-state index in [9.17, 15) is 4.79 Å². The molecule has 0 saturated carbocycles. The molecule has 1 aromatic carbocycles. The number of nitrogens with zero attached hydrogens (tertiary/aromatic N) is 1. The fourth-order valence-corrected chi connectivity index (χ4v) is 1.80. The molecule has 0 aliphatic carbocycles. The summed E-state index contributed by atoms with van der Waals surface area (Å²) in [5.41, 5.74) is 1.37. The van der Waals surface area contributed by atoms with Crippen LogP contribution in [-0.2, 0) is 4.79 Å². The lowest BCUT2D eigenvalue weighted by Gasteiger charge is -2.11. The number of rotatable bonds is 4. The van der Waals surface area contributed by atoms with E-state index < -0.39 is 0 Å². The van der Waals surface area contributed by atoms with Gasteiger partial charge < -0.3 is 10.6 Å². The molecule has 0 spiro atoms. The molecule has 0 saturated heterocycles. The Morgan fingerprint density at radius 3 is 2.76 bits per heavy atom. The van der Waals surface area contributed by atoms with E-state index in [0.29, 0.717) is 5.56 Å². The molecule has 17 heavy (non-hydrogen) atoms. The van der Waals surface area contributed by atoms with Crippen LogP contribution in [0.1, 0.15) is 19.4 Å². The molecular formula is C12H14BrN3O. The van der Waals surface area contributed by atoms with Gasteiger partial charge in [0.05, 0.1) is 18.2 Å². The predicted molar refractivity (Wildman–Crippen MR) is 70.6 cm³/mol. The third kappa shape index (κ3) is 4.45. The lowest BCUT2D eigenvalue weighted by molar-refractivity contribution is -0.119. The van der Waals surface area contributed by atoms with Crippen molar-refractivity contribution >= 4 is 27.5 Å². The van der Waals surface area contributed by atoms with Crippen LogP contribution >= 0.6 is 15.9 Å². The Morgan fingerprint density at radius 2 is 2.24 bits per heavy atom. The van der Waals surface area contributed by atoms with Crippen LogP contribution in [-0.4, -0.2) is 18.5 Å². The first kappa shape index (κ1) is 13.5. The minimum atomic E-state index is -0.0590. The summed E-state index contributed by atoms with van der Waals surface area (Å²) in [5.74, 6) is -0.0590. The molecule has 90 valence electrons. The molecule has 2 N–H and O–H groups in total. The first-order valence-corrected chi connectivity index (χ1v) is 6.05. The summed E-state index contributed by atoms with van der Waals surface area (Å²) in [7, 11) is 0. The smallest absolute Gasteiger partial charge is 0.239 e. The molecule has 0 radical (unpaired) electrons. The van der Waals surface area contributed by atoms with Gasteiger partial charge in [0.25, 0.3) is 0 Å². The summed E-state index contributed by atoms with van der Waals surface area (Å²) in [6, 6.07) is 7.36. The summed E-state index contributed by atoms with van der Waals surface area (Å²) in [6.07, 6.45) is 0. The maximum atomic E-state index is 11.4. The molecule has 0 aromatic heterocycles. The molecule has 0 aliphatic heterocycles. The van der Waals surface area contributed by atoms with Gasteiger partial charge in [-0.25, -0.2) is 0 Å². The highest BCUT2D eigenvalue weighted by Crippen LogP contribution is 2.22. The number of halogens is 1. The van der Waals surface area contributed by atoms with Crippen molar-refractivity contribution in [3.05, 3.63) is 28.2 Å². The van der Waals surface area contributed by atoms with Gasteiger partial charge in [-0.1, -0.05) is 0 Å². The molecule has 0 atom stereocenters. The number of carbonyl (C=O) groups excluding carboxylic acids is 1. The highest BCUT2D eigenvalue weighted by Gasteiger charge is 2.05. The molecule has 4 nitrogen and oxygen atoms in total. The zero-order valence-electron chi connectivity index (χ0n) is 9.75. The molecule has 0 unspecified atom stereocenters. The standard InChI is InChI=1S/C12H14BrN3O/c1-8(2)16-12(17)7-15-11-4-3-9(6-14)5-10(11)13/h3-5,8,15H,7H2,1-2H3,(H,16,17). The van der Waals surface area contributed by atoms with Crippen molar-refractivity contribution in [2.75, 3.05) is 11.9 Å². The summed E-state index contributed by atoms with van der Waals surface area (Å²) >= 11 is 3.34. The van der Waals surface area contributed by atoms with Crippen molar-refractivity contribution < 1.29 is 4.79 Å². The van der Waals surface area contributed by atoms with Crippen LogP contribution in [0.3, 0.4) is 0 Å².